The molecule has 2 aliphatic heterocycles. The number of hydrogen-bond acceptors (Lipinski definition) is 5. The maximum Gasteiger partial charge on any atom is 0.265 e. The van der Waals surface area contributed by atoms with Gasteiger partial charge in [0.1, 0.15) is 5.75 Å². The zero-order valence-corrected chi connectivity index (χ0v) is 20.6. The molecule has 0 spiro atoms. The van der Waals surface area contributed by atoms with Crippen LogP contribution in [0.2, 0.25) is 0 Å². The summed E-state index contributed by atoms with van der Waals surface area (Å²) in [4.78, 5) is 25.0. The summed E-state index contributed by atoms with van der Waals surface area (Å²) >= 11 is 0. The Morgan fingerprint density at radius 2 is 1.94 bits per heavy atom. The van der Waals surface area contributed by atoms with Gasteiger partial charge in [0.05, 0.1) is 16.5 Å². The molecule has 0 aromatic heterocycles. The minimum absolute atomic E-state index is 0.133. The van der Waals surface area contributed by atoms with Crippen LogP contribution in [-0.2, 0) is 26.2 Å². The molecule has 9 heteroatoms. The fourth-order valence-corrected chi connectivity index (χ4v) is 6.13. The van der Waals surface area contributed by atoms with Crippen LogP contribution in [0.4, 0.5) is 5.69 Å². The van der Waals surface area contributed by atoms with Crippen LogP contribution in [0.1, 0.15) is 42.9 Å². The van der Waals surface area contributed by atoms with Crippen molar-refractivity contribution in [3.63, 3.8) is 0 Å². The van der Waals surface area contributed by atoms with Crippen molar-refractivity contribution in [3.8, 4) is 5.75 Å². The normalized spacial score (nSPS) is 20.7. The minimum atomic E-state index is -3.84. The first-order chi connectivity index (χ1) is 16.2. The first kappa shape index (κ1) is 24.2. The molecule has 4 rings (SSSR count). The van der Waals surface area contributed by atoms with Gasteiger partial charge in [0.15, 0.2) is 6.10 Å². The summed E-state index contributed by atoms with van der Waals surface area (Å²) in [6.07, 6.45) is 1.08. The van der Waals surface area contributed by atoms with Crippen molar-refractivity contribution >= 4 is 27.5 Å². The molecule has 2 aromatic rings. The van der Waals surface area contributed by atoms with Crippen LogP contribution in [0.25, 0.3) is 0 Å². The van der Waals surface area contributed by atoms with Crippen molar-refractivity contribution < 1.29 is 22.7 Å². The largest absolute Gasteiger partial charge is 0.478 e. The van der Waals surface area contributed by atoms with E-state index in [-0.39, 0.29) is 23.3 Å². The first-order valence-corrected chi connectivity index (χ1v) is 13.1. The van der Waals surface area contributed by atoms with Gasteiger partial charge in [0, 0.05) is 25.7 Å². The lowest BCUT2D eigenvalue weighted by atomic mass is 9.98. The van der Waals surface area contributed by atoms with E-state index in [1.165, 1.54) is 10.4 Å². The fraction of sp³-hybridized carbons (Fsp3) is 0.440. The molecule has 2 atom stereocenters. The molecule has 2 heterocycles. The van der Waals surface area contributed by atoms with E-state index in [4.69, 9.17) is 4.74 Å². The number of sulfonamides is 1. The predicted octanol–water partition coefficient (Wildman–Crippen LogP) is 3.13. The van der Waals surface area contributed by atoms with E-state index in [2.05, 4.69) is 10.6 Å². The summed E-state index contributed by atoms with van der Waals surface area (Å²) in [6, 6.07) is 11.1. The van der Waals surface area contributed by atoms with E-state index < -0.39 is 22.0 Å². The number of aryl methyl sites for hydroxylation is 2. The number of ether oxygens (including phenoxy) is 1. The second kappa shape index (κ2) is 9.76. The van der Waals surface area contributed by atoms with E-state index in [0.717, 1.165) is 11.1 Å². The summed E-state index contributed by atoms with van der Waals surface area (Å²) in [6.45, 7) is 6.44. The van der Waals surface area contributed by atoms with Gasteiger partial charge in [-0.2, -0.15) is 4.31 Å². The van der Waals surface area contributed by atoms with Gasteiger partial charge < -0.3 is 15.4 Å². The molecular weight excluding hydrogens is 454 g/mol. The van der Waals surface area contributed by atoms with Crippen LogP contribution in [0, 0.1) is 19.8 Å². The molecule has 0 bridgehead atoms. The summed E-state index contributed by atoms with van der Waals surface area (Å²) in [7, 11) is -3.84. The Morgan fingerprint density at radius 1 is 1.21 bits per heavy atom. The van der Waals surface area contributed by atoms with Crippen LogP contribution in [0.15, 0.2) is 41.3 Å². The van der Waals surface area contributed by atoms with Crippen LogP contribution in [-0.4, -0.2) is 43.7 Å². The summed E-state index contributed by atoms with van der Waals surface area (Å²) in [5.41, 5.74) is 3.14. The molecule has 2 amide bonds. The van der Waals surface area contributed by atoms with E-state index in [1.807, 2.05) is 38.1 Å². The van der Waals surface area contributed by atoms with E-state index in [0.29, 0.717) is 49.4 Å². The molecule has 2 aromatic carbocycles. The SMILES string of the molecule is CC[C@H]1Oc2cc(S(=O)(=O)N3CCC[C@H](C(=O)NCc4ccc(C)cc4)C3)c(C)cc2NC1=O. The monoisotopic (exact) mass is 485 g/mol. The lowest BCUT2D eigenvalue weighted by Crippen LogP contribution is -2.45. The van der Waals surface area contributed by atoms with Gasteiger partial charge in [-0.1, -0.05) is 36.8 Å². The number of rotatable bonds is 6. The van der Waals surface area contributed by atoms with Crippen molar-refractivity contribution in [2.75, 3.05) is 18.4 Å². The molecule has 8 nitrogen and oxygen atoms in total. The molecular formula is C25H31N3O5S. The summed E-state index contributed by atoms with van der Waals surface area (Å²) in [5.74, 6) is -0.438. The van der Waals surface area contributed by atoms with E-state index in [9.17, 15) is 18.0 Å². The number of benzene rings is 2. The Kier molecular flexibility index (Phi) is 6.95. The van der Waals surface area contributed by atoms with Crippen molar-refractivity contribution in [2.45, 2.75) is 57.6 Å². The molecule has 0 saturated carbocycles. The standard InChI is InChI=1S/C25H31N3O5S/c1-4-21-25(30)27-20-12-17(3)23(13-22(20)33-21)34(31,32)28-11-5-6-19(15-28)24(29)26-14-18-9-7-16(2)8-10-18/h7-10,12-13,19,21H,4-6,11,14-15H2,1-3H3,(H,26,29)(H,27,30)/t19-,21+/m0/s1. The molecule has 2 aliphatic rings. The van der Waals surface area contributed by atoms with E-state index in [1.54, 1.807) is 13.0 Å². The highest BCUT2D eigenvalue weighted by atomic mass is 32.2. The second-order valence-corrected chi connectivity index (χ2v) is 10.9. The minimum Gasteiger partial charge on any atom is -0.478 e. The highest BCUT2D eigenvalue weighted by Gasteiger charge is 2.35. The maximum atomic E-state index is 13.5. The molecule has 34 heavy (non-hydrogen) atoms. The Hall–Kier alpha value is -2.91. The Balaban J connectivity index is 1.48. The van der Waals surface area contributed by atoms with Crippen LogP contribution >= 0.6 is 0 Å². The molecule has 0 aliphatic carbocycles. The van der Waals surface area contributed by atoms with Gasteiger partial charge in [-0.25, -0.2) is 8.42 Å². The van der Waals surface area contributed by atoms with E-state index >= 15 is 0 Å². The lowest BCUT2D eigenvalue weighted by molar-refractivity contribution is -0.126. The Labute approximate surface area is 200 Å². The number of anilines is 1. The van der Waals surface area contributed by atoms with Crippen molar-refractivity contribution in [1.29, 1.82) is 0 Å². The third-order valence-electron chi connectivity index (χ3n) is 6.43. The van der Waals surface area contributed by atoms with Gasteiger partial charge >= 0.3 is 0 Å². The summed E-state index contributed by atoms with van der Waals surface area (Å²) in [5, 5.41) is 5.73. The third-order valence-corrected chi connectivity index (χ3v) is 8.43. The van der Waals surface area contributed by atoms with Crippen LogP contribution < -0.4 is 15.4 Å². The number of nitrogens with zero attached hydrogens (tertiary/aromatic N) is 1. The molecule has 2 N–H and O–H groups in total. The zero-order valence-electron chi connectivity index (χ0n) is 19.8. The third kappa shape index (κ3) is 4.95. The predicted molar refractivity (Wildman–Crippen MR) is 129 cm³/mol. The average molecular weight is 486 g/mol. The number of amides is 2. The smallest absolute Gasteiger partial charge is 0.265 e. The lowest BCUT2D eigenvalue weighted by Gasteiger charge is -2.32. The zero-order chi connectivity index (χ0) is 24.5. The number of carbonyl (C=O) groups excluding carboxylic acids is 2. The van der Waals surface area contributed by atoms with Gasteiger partial charge in [-0.15, -0.1) is 0 Å². The Morgan fingerprint density at radius 3 is 2.65 bits per heavy atom. The first-order valence-electron chi connectivity index (χ1n) is 11.6. The highest BCUT2D eigenvalue weighted by molar-refractivity contribution is 7.89. The van der Waals surface area contributed by atoms with Gasteiger partial charge in [-0.3, -0.25) is 9.59 Å². The Bertz CT molecular complexity index is 1190. The summed E-state index contributed by atoms with van der Waals surface area (Å²) < 4.78 is 34.2. The number of hydrogen-bond donors (Lipinski definition) is 2. The molecule has 1 saturated heterocycles. The number of nitrogens with one attached hydrogen (secondary N) is 2. The van der Waals surface area contributed by atoms with Gasteiger partial charge in [-0.05, 0) is 50.3 Å². The number of carbonyl (C=O) groups is 2. The molecule has 1 fully saturated rings. The maximum absolute atomic E-state index is 13.5. The fourth-order valence-electron chi connectivity index (χ4n) is 4.38. The number of fused-ring (bicyclic) bond motifs is 1. The molecule has 0 unspecified atom stereocenters. The van der Waals surface area contributed by atoms with Crippen LogP contribution in [0.5, 0.6) is 5.75 Å². The van der Waals surface area contributed by atoms with Crippen molar-refractivity contribution in [2.24, 2.45) is 5.92 Å². The van der Waals surface area contributed by atoms with Crippen molar-refractivity contribution in [1.82, 2.24) is 9.62 Å². The second-order valence-electron chi connectivity index (χ2n) is 9.02. The molecule has 182 valence electrons. The molecule has 0 radical (unpaired) electrons. The van der Waals surface area contributed by atoms with Crippen molar-refractivity contribution in [3.05, 3.63) is 53.1 Å². The topological polar surface area (TPSA) is 105 Å². The average Bonchev–Trinajstić information content (AvgIpc) is 2.82. The number of piperidine rings is 1. The highest BCUT2D eigenvalue weighted by Crippen LogP contribution is 2.36. The van der Waals surface area contributed by atoms with Gasteiger partial charge in [0.2, 0.25) is 15.9 Å². The van der Waals surface area contributed by atoms with Gasteiger partial charge in [0.25, 0.3) is 5.91 Å². The van der Waals surface area contributed by atoms with Crippen LogP contribution in [0.3, 0.4) is 0 Å². The quantitative estimate of drug-likeness (QED) is 0.654.